The van der Waals surface area contributed by atoms with Crippen LogP contribution >= 0.6 is 0 Å². The highest BCUT2D eigenvalue weighted by Crippen LogP contribution is 2.50. The van der Waals surface area contributed by atoms with Crippen LogP contribution in [0.15, 0.2) is 35.5 Å². The van der Waals surface area contributed by atoms with Gasteiger partial charge >= 0.3 is 11.9 Å². The molecule has 0 aromatic heterocycles. The van der Waals surface area contributed by atoms with Crippen molar-refractivity contribution in [3.8, 4) is 0 Å². The lowest BCUT2D eigenvalue weighted by molar-refractivity contribution is -0.148. The number of allylic oxidation sites excluding steroid dienone is 2. The molecule has 3 aliphatic rings. The van der Waals surface area contributed by atoms with E-state index in [2.05, 4.69) is 19.6 Å². The number of esters is 2. The molecule has 5 heteroatoms. The van der Waals surface area contributed by atoms with Gasteiger partial charge in [0.25, 0.3) is 0 Å². The molecule has 0 N–H and O–H groups in total. The summed E-state index contributed by atoms with van der Waals surface area (Å²) in [6.07, 6.45) is 5.65. The maximum atomic E-state index is 12.3. The van der Waals surface area contributed by atoms with Crippen LogP contribution in [-0.2, 0) is 23.8 Å². The molecule has 3 rings (SSSR count). The molecule has 2 fully saturated rings. The maximum Gasteiger partial charge on any atom is 0.334 e. The topological polar surface area (TPSA) is 65.1 Å². The summed E-state index contributed by atoms with van der Waals surface area (Å²) in [5.41, 5.74) is 2.18. The van der Waals surface area contributed by atoms with Gasteiger partial charge in [0.1, 0.15) is 18.3 Å². The predicted molar refractivity (Wildman–Crippen MR) is 97.3 cm³/mol. The lowest BCUT2D eigenvalue weighted by Gasteiger charge is -2.25. The normalized spacial score (nSPS) is 37.2. The summed E-state index contributed by atoms with van der Waals surface area (Å²) in [6, 6.07) is 0. The van der Waals surface area contributed by atoms with Gasteiger partial charge < -0.3 is 14.2 Å². The highest BCUT2D eigenvalue weighted by atomic mass is 16.6. The van der Waals surface area contributed by atoms with Crippen molar-refractivity contribution in [3.63, 3.8) is 0 Å². The summed E-state index contributed by atoms with van der Waals surface area (Å²) < 4.78 is 17.2. The summed E-state index contributed by atoms with van der Waals surface area (Å²) in [4.78, 5) is 24.4. The van der Waals surface area contributed by atoms with E-state index in [1.54, 1.807) is 0 Å². The minimum Gasteiger partial charge on any atom is -0.458 e. The fourth-order valence-corrected chi connectivity index (χ4v) is 3.86. The number of hydrogen-bond acceptors (Lipinski definition) is 5. The monoisotopic (exact) mass is 360 g/mol. The molecule has 0 aromatic rings. The van der Waals surface area contributed by atoms with Crippen molar-refractivity contribution in [1.82, 2.24) is 0 Å². The fraction of sp³-hybridized carbons (Fsp3) is 0.619. The second-order valence-corrected chi connectivity index (χ2v) is 7.87. The van der Waals surface area contributed by atoms with Gasteiger partial charge in [-0.2, -0.15) is 0 Å². The molecule has 5 atom stereocenters. The van der Waals surface area contributed by atoms with Crippen LogP contribution in [0, 0.1) is 5.92 Å². The summed E-state index contributed by atoms with van der Waals surface area (Å²) in [5, 5.41) is 0. The van der Waals surface area contributed by atoms with Crippen molar-refractivity contribution in [2.24, 2.45) is 5.92 Å². The first-order valence-electron chi connectivity index (χ1n) is 9.30. The molecule has 2 heterocycles. The Labute approximate surface area is 155 Å². The van der Waals surface area contributed by atoms with Crippen LogP contribution in [0.25, 0.3) is 0 Å². The minimum atomic E-state index is -0.381. The molecule has 0 saturated carbocycles. The Morgan fingerprint density at radius 3 is 2.92 bits per heavy atom. The van der Waals surface area contributed by atoms with Gasteiger partial charge in [0.2, 0.25) is 0 Å². The van der Waals surface area contributed by atoms with Crippen molar-refractivity contribution in [3.05, 3.63) is 35.5 Å². The Morgan fingerprint density at radius 1 is 1.50 bits per heavy atom. The Hall–Kier alpha value is -1.88. The Balaban J connectivity index is 1.82. The van der Waals surface area contributed by atoms with E-state index in [0.717, 1.165) is 24.0 Å². The Morgan fingerprint density at radius 2 is 2.23 bits per heavy atom. The molecule has 0 bridgehead atoms. The highest BCUT2D eigenvalue weighted by Gasteiger charge is 2.61. The molecule has 5 nitrogen and oxygen atoms in total. The zero-order valence-corrected chi connectivity index (χ0v) is 16.0. The van der Waals surface area contributed by atoms with E-state index in [9.17, 15) is 9.59 Å². The first-order chi connectivity index (χ1) is 12.2. The number of hydrogen-bond donors (Lipinski definition) is 0. The SMILES string of the molecule is C=C1C(=O)O[C@@H]2[C@H]3O[C@]3(C)CCC=C(C)[C@@H](OC(=O)CC(C)=CC)C[C@@H]12. The van der Waals surface area contributed by atoms with Crippen LogP contribution in [0.4, 0.5) is 0 Å². The number of epoxide rings is 1. The average Bonchev–Trinajstić information content (AvgIpc) is 3.17. The number of rotatable bonds is 3. The van der Waals surface area contributed by atoms with Gasteiger partial charge in [-0.25, -0.2) is 4.79 Å². The molecule has 2 saturated heterocycles. The van der Waals surface area contributed by atoms with Crippen molar-refractivity contribution < 1.29 is 23.8 Å². The molecule has 2 aliphatic heterocycles. The molecule has 0 radical (unpaired) electrons. The van der Waals surface area contributed by atoms with Crippen LogP contribution in [0.1, 0.15) is 53.4 Å². The van der Waals surface area contributed by atoms with Crippen molar-refractivity contribution in [1.29, 1.82) is 0 Å². The van der Waals surface area contributed by atoms with Crippen molar-refractivity contribution in [2.45, 2.75) is 77.3 Å². The zero-order valence-electron chi connectivity index (χ0n) is 16.0. The first-order valence-corrected chi connectivity index (χ1v) is 9.30. The largest absolute Gasteiger partial charge is 0.458 e. The molecule has 0 amide bonds. The maximum absolute atomic E-state index is 12.3. The van der Waals surface area contributed by atoms with Gasteiger partial charge in [0.05, 0.1) is 12.0 Å². The third-order valence-corrected chi connectivity index (χ3v) is 5.86. The van der Waals surface area contributed by atoms with Gasteiger partial charge in [-0.05, 0) is 52.5 Å². The summed E-state index contributed by atoms with van der Waals surface area (Å²) in [5.74, 6) is -0.819. The van der Waals surface area contributed by atoms with Crippen LogP contribution in [0.3, 0.4) is 0 Å². The van der Waals surface area contributed by atoms with Gasteiger partial charge in [-0.15, -0.1) is 0 Å². The lowest BCUT2D eigenvalue weighted by atomic mass is 9.83. The van der Waals surface area contributed by atoms with Crippen LogP contribution in [0.2, 0.25) is 0 Å². The van der Waals surface area contributed by atoms with E-state index in [0.29, 0.717) is 12.0 Å². The molecule has 1 aliphatic carbocycles. The predicted octanol–water partition coefficient (Wildman–Crippen LogP) is 3.64. The molecule has 26 heavy (non-hydrogen) atoms. The van der Waals surface area contributed by atoms with E-state index < -0.39 is 0 Å². The zero-order chi connectivity index (χ0) is 19.1. The van der Waals surface area contributed by atoms with Crippen molar-refractivity contribution in [2.75, 3.05) is 0 Å². The van der Waals surface area contributed by atoms with E-state index in [-0.39, 0.29) is 48.2 Å². The van der Waals surface area contributed by atoms with Gasteiger partial charge in [-0.3, -0.25) is 4.79 Å². The summed E-state index contributed by atoms with van der Waals surface area (Å²) in [7, 11) is 0. The van der Waals surface area contributed by atoms with E-state index in [1.807, 2.05) is 26.8 Å². The lowest BCUT2D eigenvalue weighted by Crippen LogP contribution is -2.33. The second kappa shape index (κ2) is 7.03. The number of carbonyl (C=O) groups excluding carboxylic acids is 2. The van der Waals surface area contributed by atoms with Gasteiger partial charge in [-0.1, -0.05) is 24.3 Å². The summed E-state index contributed by atoms with van der Waals surface area (Å²) >= 11 is 0. The minimum absolute atomic E-state index is 0.107. The fourth-order valence-electron chi connectivity index (χ4n) is 3.86. The smallest absolute Gasteiger partial charge is 0.334 e. The third-order valence-electron chi connectivity index (χ3n) is 5.86. The molecule has 0 aromatic carbocycles. The molecular formula is C21H28O5. The van der Waals surface area contributed by atoms with Crippen LogP contribution < -0.4 is 0 Å². The molecule has 0 spiro atoms. The number of ether oxygens (including phenoxy) is 3. The standard InChI is InChI=1S/C21H28O5/c1-6-12(2)10-17(22)24-16-11-15-14(4)20(23)25-18(15)19-21(5,26-19)9-7-8-13(16)3/h6,8,15-16,18-19H,4,7,9-11H2,1-3,5H3/t15-,16-,18-,19+,21+/m0/s1. The summed E-state index contributed by atoms with van der Waals surface area (Å²) in [6.45, 7) is 11.8. The number of carbonyl (C=O) groups is 2. The Kier molecular flexibility index (Phi) is 5.11. The van der Waals surface area contributed by atoms with E-state index in [4.69, 9.17) is 14.2 Å². The quantitative estimate of drug-likeness (QED) is 0.333. The van der Waals surface area contributed by atoms with E-state index >= 15 is 0 Å². The number of fused-ring (bicyclic) bond motifs is 3. The van der Waals surface area contributed by atoms with Crippen LogP contribution in [-0.4, -0.2) is 35.9 Å². The highest BCUT2D eigenvalue weighted by molar-refractivity contribution is 5.91. The Bertz CT molecular complexity index is 689. The van der Waals surface area contributed by atoms with E-state index in [1.165, 1.54) is 0 Å². The van der Waals surface area contributed by atoms with Gasteiger partial charge in [0, 0.05) is 11.5 Å². The van der Waals surface area contributed by atoms with Crippen LogP contribution in [0.5, 0.6) is 0 Å². The molecule has 142 valence electrons. The molecular weight excluding hydrogens is 332 g/mol. The first kappa shape index (κ1) is 18.9. The average molecular weight is 360 g/mol. The van der Waals surface area contributed by atoms with Gasteiger partial charge in [0.15, 0.2) is 0 Å². The second-order valence-electron chi connectivity index (χ2n) is 7.87. The third kappa shape index (κ3) is 3.63. The van der Waals surface area contributed by atoms with Crippen molar-refractivity contribution >= 4 is 11.9 Å². The molecule has 0 unspecified atom stereocenters.